The van der Waals surface area contributed by atoms with Gasteiger partial charge in [0, 0.05) is 45.0 Å². The third-order valence-electron chi connectivity index (χ3n) is 4.89. The maximum absolute atomic E-state index is 12.7. The molecule has 6 nitrogen and oxygen atoms in total. The lowest BCUT2D eigenvalue weighted by molar-refractivity contribution is 0.0820. The highest BCUT2D eigenvalue weighted by atomic mass is 35.5. The summed E-state index contributed by atoms with van der Waals surface area (Å²) in [5.74, 6) is -0.123. The van der Waals surface area contributed by atoms with Crippen molar-refractivity contribution in [3.05, 3.63) is 76.8 Å². The lowest BCUT2D eigenvalue weighted by Gasteiger charge is -2.19. The van der Waals surface area contributed by atoms with Gasteiger partial charge in [-0.25, -0.2) is 4.98 Å². The molecule has 0 spiro atoms. The molecule has 4 rings (SSSR count). The average molecular weight is 408 g/mol. The number of aromatic nitrogens is 3. The van der Waals surface area contributed by atoms with Gasteiger partial charge in [0.15, 0.2) is 5.69 Å². The van der Waals surface area contributed by atoms with E-state index in [4.69, 9.17) is 11.6 Å². The Morgan fingerprint density at radius 2 is 1.86 bits per heavy atom. The Labute approximate surface area is 174 Å². The van der Waals surface area contributed by atoms with Gasteiger partial charge in [-0.3, -0.25) is 14.7 Å². The van der Waals surface area contributed by atoms with Crippen molar-refractivity contribution in [3.8, 4) is 0 Å². The van der Waals surface area contributed by atoms with Crippen LogP contribution in [0.15, 0.2) is 54.9 Å². The predicted molar refractivity (Wildman–Crippen MR) is 115 cm³/mol. The summed E-state index contributed by atoms with van der Waals surface area (Å²) >= 11 is 6.21. The van der Waals surface area contributed by atoms with Crippen molar-refractivity contribution < 1.29 is 4.79 Å². The maximum Gasteiger partial charge on any atom is 0.273 e. The van der Waals surface area contributed by atoms with Crippen molar-refractivity contribution in [1.82, 2.24) is 24.2 Å². The topological polar surface area (TPSA) is 53.7 Å². The van der Waals surface area contributed by atoms with Crippen LogP contribution in [0.5, 0.6) is 0 Å². The smallest absolute Gasteiger partial charge is 0.273 e. The molecule has 0 unspecified atom stereocenters. The molecule has 7 heteroatoms. The van der Waals surface area contributed by atoms with Gasteiger partial charge in [0.1, 0.15) is 5.65 Å². The van der Waals surface area contributed by atoms with E-state index < -0.39 is 0 Å². The van der Waals surface area contributed by atoms with Crippen LogP contribution >= 0.6 is 11.6 Å². The van der Waals surface area contributed by atoms with E-state index in [0.717, 1.165) is 16.6 Å². The van der Waals surface area contributed by atoms with Gasteiger partial charge in [-0.15, -0.1) is 0 Å². The zero-order valence-corrected chi connectivity index (χ0v) is 17.4. The van der Waals surface area contributed by atoms with Gasteiger partial charge in [0.25, 0.3) is 5.91 Å². The quantitative estimate of drug-likeness (QED) is 0.504. The molecule has 4 aromatic rings. The van der Waals surface area contributed by atoms with Crippen LogP contribution in [0.4, 0.5) is 0 Å². The molecule has 3 heterocycles. The number of hydrogen-bond donors (Lipinski definition) is 0. The van der Waals surface area contributed by atoms with Crippen molar-refractivity contribution in [3.63, 3.8) is 0 Å². The van der Waals surface area contributed by atoms with Gasteiger partial charge in [0.2, 0.25) is 0 Å². The summed E-state index contributed by atoms with van der Waals surface area (Å²) in [7, 11) is 5.49. The number of imidazole rings is 1. The van der Waals surface area contributed by atoms with Gasteiger partial charge in [0.05, 0.1) is 16.2 Å². The molecule has 0 aliphatic carbocycles. The number of halogens is 1. The molecule has 0 N–H and O–H groups in total. The second-order valence-corrected chi connectivity index (χ2v) is 7.78. The average Bonchev–Trinajstić information content (AvgIpc) is 3.05. The number of hydrogen-bond acceptors (Lipinski definition) is 4. The van der Waals surface area contributed by atoms with Crippen LogP contribution in [0.25, 0.3) is 16.6 Å². The van der Waals surface area contributed by atoms with Crippen LogP contribution in [0.1, 0.15) is 21.7 Å². The fourth-order valence-corrected chi connectivity index (χ4v) is 3.66. The Balaban J connectivity index is 1.70. The first-order chi connectivity index (χ1) is 13.9. The normalized spacial score (nSPS) is 11.5. The van der Waals surface area contributed by atoms with Gasteiger partial charge in [-0.05, 0) is 36.9 Å². The molecule has 3 aromatic heterocycles. The minimum atomic E-state index is -0.123. The molecule has 0 aliphatic rings. The monoisotopic (exact) mass is 407 g/mol. The number of para-hydroxylation sites is 1. The Bertz CT molecular complexity index is 1200. The minimum absolute atomic E-state index is 0.123. The maximum atomic E-state index is 12.7. The van der Waals surface area contributed by atoms with Crippen molar-refractivity contribution in [2.75, 3.05) is 21.1 Å². The van der Waals surface area contributed by atoms with Crippen LogP contribution in [0.2, 0.25) is 5.02 Å². The predicted octanol–water partition coefficient (Wildman–Crippen LogP) is 3.87. The number of fused-ring (bicyclic) bond motifs is 2. The second kappa shape index (κ2) is 7.81. The molecule has 0 bridgehead atoms. The summed E-state index contributed by atoms with van der Waals surface area (Å²) in [6, 6.07) is 13.8. The minimum Gasteiger partial charge on any atom is -0.343 e. The molecule has 0 aliphatic heterocycles. The Kier molecular flexibility index (Phi) is 5.22. The van der Waals surface area contributed by atoms with Crippen LogP contribution in [0, 0.1) is 0 Å². The highest BCUT2D eigenvalue weighted by molar-refractivity contribution is 6.30. The van der Waals surface area contributed by atoms with Crippen molar-refractivity contribution >= 4 is 34.1 Å². The van der Waals surface area contributed by atoms with Crippen molar-refractivity contribution in [2.24, 2.45) is 0 Å². The van der Waals surface area contributed by atoms with E-state index >= 15 is 0 Å². The summed E-state index contributed by atoms with van der Waals surface area (Å²) in [6.07, 6.45) is 3.64. The molecule has 0 saturated heterocycles. The first kappa shape index (κ1) is 19.4. The third-order valence-corrected chi connectivity index (χ3v) is 5.11. The molecule has 148 valence electrons. The first-order valence-electron chi connectivity index (χ1n) is 9.33. The Morgan fingerprint density at radius 1 is 1.07 bits per heavy atom. The number of carbonyl (C=O) groups excluding carboxylic acids is 1. The fraction of sp³-hybridized carbons (Fsp3) is 0.227. The molecule has 0 radical (unpaired) electrons. The number of rotatable bonds is 5. The van der Waals surface area contributed by atoms with Crippen LogP contribution in [-0.2, 0) is 13.1 Å². The van der Waals surface area contributed by atoms with Crippen LogP contribution < -0.4 is 0 Å². The van der Waals surface area contributed by atoms with Gasteiger partial charge < -0.3 is 9.30 Å². The van der Waals surface area contributed by atoms with Gasteiger partial charge >= 0.3 is 0 Å². The van der Waals surface area contributed by atoms with Crippen molar-refractivity contribution in [2.45, 2.75) is 13.1 Å². The zero-order valence-electron chi connectivity index (χ0n) is 16.6. The molecule has 1 amide bonds. The summed E-state index contributed by atoms with van der Waals surface area (Å²) < 4.78 is 1.90. The van der Waals surface area contributed by atoms with E-state index in [1.54, 1.807) is 31.3 Å². The summed E-state index contributed by atoms with van der Waals surface area (Å²) in [4.78, 5) is 25.4. The molecular weight excluding hydrogens is 386 g/mol. The van der Waals surface area contributed by atoms with Gasteiger partial charge in [-0.2, -0.15) is 0 Å². The number of benzene rings is 1. The summed E-state index contributed by atoms with van der Waals surface area (Å²) in [5, 5.41) is 1.73. The summed E-state index contributed by atoms with van der Waals surface area (Å²) in [5.41, 5.74) is 4.14. The van der Waals surface area contributed by atoms with E-state index in [1.165, 1.54) is 5.56 Å². The van der Waals surface area contributed by atoms with E-state index in [0.29, 0.717) is 29.5 Å². The molecule has 1 aromatic carbocycles. The molecule has 0 saturated carbocycles. The number of nitrogens with zero attached hydrogens (tertiary/aromatic N) is 5. The number of amides is 1. The molecular formula is C22H22ClN5O. The second-order valence-electron chi connectivity index (χ2n) is 7.34. The van der Waals surface area contributed by atoms with E-state index in [-0.39, 0.29) is 5.91 Å². The lowest BCUT2D eigenvalue weighted by atomic mass is 10.1. The van der Waals surface area contributed by atoms with Crippen LogP contribution in [-0.4, -0.2) is 51.2 Å². The highest BCUT2D eigenvalue weighted by Crippen LogP contribution is 2.22. The highest BCUT2D eigenvalue weighted by Gasteiger charge is 2.21. The first-order valence-corrected chi connectivity index (χ1v) is 9.71. The Hall–Kier alpha value is -2.96. The van der Waals surface area contributed by atoms with Crippen molar-refractivity contribution in [1.29, 1.82) is 0 Å². The fourth-order valence-electron chi connectivity index (χ4n) is 3.50. The standard InChI is InChI=1S/C22H22ClN5O/c1-26(2)22(29)21-19(28-13-16(23)8-9-20(28)25-21)14-27(3)12-15-10-11-24-18-7-5-4-6-17(15)18/h4-11,13H,12,14H2,1-3H3. The zero-order chi connectivity index (χ0) is 20.5. The largest absolute Gasteiger partial charge is 0.343 e. The van der Waals surface area contributed by atoms with Crippen LogP contribution in [0.3, 0.4) is 0 Å². The SMILES string of the molecule is CN(Cc1ccnc2ccccc12)Cc1c(C(=O)N(C)C)nc2ccc(Cl)cn12. The van der Waals surface area contributed by atoms with Gasteiger partial charge in [-0.1, -0.05) is 29.8 Å². The third kappa shape index (κ3) is 3.81. The number of pyridine rings is 2. The molecule has 0 atom stereocenters. The number of carbonyl (C=O) groups is 1. The van der Waals surface area contributed by atoms with E-state index in [9.17, 15) is 4.79 Å². The molecule has 0 fully saturated rings. The molecule has 29 heavy (non-hydrogen) atoms. The lowest BCUT2D eigenvalue weighted by Crippen LogP contribution is -2.26. The van der Waals surface area contributed by atoms with E-state index in [2.05, 4.69) is 20.9 Å². The summed E-state index contributed by atoms with van der Waals surface area (Å²) in [6.45, 7) is 1.26. The Morgan fingerprint density at radius 3 is 2.66 bits per heavy atom. The van der Waals surface area contributed by atoms with E-state index in [1.807, 2.05) is 48.0 Å².